The normalized spacial score (nSPS) is 17.0. The minimum absolute atomic E-state index is 0.0262. The molecule has 1 atom stereocenters. The van der Waals surface area contributed by atoms with Gasteiger partial charge in [0.1, 0.15) is 11.8 Å². The molecule has 0 spiro atoms. The molecule has 1 fully saturated rings. The highest BCUT2D eigenvalue weighted by Gasteiger charge is 2.28. The molecule has 0 radical (unpaired) electrons. The zero-order chi connectivity index (χ0) is 16.4. The van der Waals surface area contributed by atoms with Gasteiger partial charge in [0.25, 0.3) is 0 Å². The first-order valence-electron chi connectivity index (χ1n) is 8.27. The number of hydrogen-bond donors (Lipinski definition) is 1. The molecule has 4 rings (SSSR count). The molecule has 1 aliphatic heterocycles. The van der Waals surface area contributed by atoms with Crippen LogP contribution in [0.5, 0.6) is 5.75 Å². The van der Waals surface area contributed by atoms with E-state index < -0.39 is 0 Å². The first-order valence-corrected chi connectivity index (χ1v) is 8.27. The summed E-state index contributed by atoms with van der Waals surface area (Å²) in [5, 5.41) is 16.0. The highest BCUT2D eigenvalue weighted by atomic mass is 16.5. The number of tetrazole rings is 1. The third kappa shape index (κ3) is 2.71. The van der Waals surface area contributed by atoms with E-state index in [2.05, 4.69) is 36.6 Å². The number of aromatic nitrogens is 5. The summed E-state index contributed by atoms with van der Waals surface area (Å²) in [7, 11) is 1.68. The number of fused-ring (bicyclic) bond motifs is 1. The van der Waals surface area contributed by atoms with Crippen LogP contribution in [0.3, 0.4) is 0 Å². The molecular formula is C17H20N6O. The van der Waals surface area contributed by atoms with Crippen LogP contribution in [0.1, 0.15) is 36.7 Å². The van der Waals surface area contributed by atoms with Gasteiger partial charge in [0, 0.05) is 11.6 Å². The molecule has 24 heavy (non-hydrogen) atoms. The number of piperidine rings is 1. The predicted octanol–water partition coefficient (Wildman–Crippen LogP) is 2.33. The topological polar surface area (TPSA) is 79.8 Å². The molecule has 3 heterocycles. The summed E-state index contributed by atoms with van der Waals surface area (Å²) < 4.78 is 5.40. The van der Waals surface area contributed by atoms with Crippen LogP contribution in [-0.4, -0.2) is 50.7 Å². The predicted molar refractivity (Wildman–Crippen MR) is 89.7 cm³/mol. The standard InChI is InChI=1S/C17H20N6O/c1-24-12-5-6-15-14(11-12)13(7-8-18-15)16(17-19-21-22-20-17)23-9-3-2-4-10-23/h5-8,11,16H,2-4,9-10H2,1H3,(H,19,20,21,22). The number of methoxy groups -OCH3 is 1. The van der Waals surface area contributed by atoms with E-state index in [1.807, 2.05) is 24.4 Å². The molecule has 7 nitrogen and oxygen atoms in total. The number of nitrogens with one attached hydrogen (secondary N) is 1. The lowest BCUT2D eigenvalue weighted by atomic mass is 9.97. The Kier molecular flexibility index (Phi) is 4.08. The van der Waals surface area contributed by atoms with Gasteiger partial charge in [0.15, 0.2) is 5.82 Å². The second kappa shape index (κ2) is 6.52. The number of benzene rings is 1. The molecule has 1 saturated heterocycles. The first kappa shape index (κ1) is 15.0. The van der Waals surface area contributed by atoms with E-state index in [4.69, 9.17) is 4.74 Å². The van der Waals surface area contributed by atoms with Crippen LogP contribution in [0.15, 0.2) is 30.5 Å². The van der Waals surface area contributed by atoms with Gasteiger partial charge in [-0.2, -0.15) is 5.21 Å². The minimum Gasteiger partial charge on any atom is -0.497 e. The molecule has 124 valence electrons. The molecule has 3 aromatic rings. The van der Waals surface area contributed by atoms with Crippen LogP contribution < -0.4 is 4.74 Å². The number of H-pyrrole nitrogens is 1. The molecule has 0 aliphatic carbocycles. The van der Waals surface area contributed by atoms with E-state index >= 15 is 0 Å². The lowest BCUT2D eigenvalue weighted by molar-refractivity contribution is 0.182. The fraction of sp³-hybridized carbons (Fsp3) is 0.412. The quantitative estimate of drug-likeness (QED) is 0.793. The van der Waals surface area contributed by atoms with Crippen LogP contribution in [-0.2, 0) is 0 Å². The minimum atomic E-state index is -0.0262. The van der Waals surface area contributed by atoms with Crippen molar-refractivity contribution in [1.82, 2.24) is 30.5 Å². The van der Waals surface area contributed by atoms with Crippen LogP contribution in [0.2, 0.25) is 0 Å². The lowest BCUT2D eigenvalue weighted by Crippen LogP contribution is -2.35. The van der Waals surface area contributed by atoms with Gasteiger partial charge in [-0.15, -0.1) is 10.2 Å². The van der Waals surface area contributed by atoms with Crippen molar-refractivity contribution in [2.45, 2.75) is 25.3 Å². The van der Waals surface area contributed by atoms with Crippen LogP contribution >= 0.6 is 0 Å². The largest absolute Gasteiger partial charge is 0.497 e. The molecule has 7 heteroatoms. The van der Waals surface area contributed by atoms with E-state index in [0.717, 1.165) is 35.3 Å². The van der Waals surface area contributed by atoms with E-state index in [1.54, 1.807) is 7.11 Å². The van der Waals surface area contributed by atoms with Crippen molar-refractivity contribution in [2.24, 2.45) is 0 Å². The second-order valence-electron chi connectivity index (χ2n) is 6.05. The molecule has 0 bridgehead atoms. The summed E-state index contributed by atoms with van der Waals surface area (Å²) in [6, 6.07) is 7.98. The Balaban J connectivity index is 1.87. The van der Waals surface area contributed by atoms with Gasteiger partial charge in [-0.3, -0.25) is 9.88 Å². The zero-order valence-electron chi connectivity index (χ0n) is 13.6. The Morgan fingerprint density at radius 1 is 1.17 bits per heavy atom. The second-order valence-corrected chi connectivity index (χ2v) is 6.05. The summed E-state index contributed by atoms with van der Waals surface area (Å²) in [5.74, 6) is 1.52. The van der Waals surface area contributed by atoms with Gasteiger partial charge in [-0.1, -0.05) is 11.6 Å². The molecule has 1 unspecified atom stereocenters. The summed E-state index contributed by atoms with van der Waals surface area (Å²) in [5.41, 5.74) is 2.08. The third-order valence-electron chi connectivity index (χ3n) is 4.64. The molecule has 2 aromatic heterocycles. The van der Waals surface area contributed by atoms with Crippen molar-refractivity contribution in [3.63, 3.8) is 0 Å². The Hall–Kier alpha value is -2.54. The maximum atomic E-state index is 5.40. The summed E-state index contributed by atoms with van der Waals surface area (Å²) in [4.78, 5) is 6.92. The van der Waals surface area contributed by atoms with Gasteiger partial charge >= 0.3 is 0 Å². The zero-order valence-corrected chi connectivity index (χ0v) is 13.6. The van der Waals surface area contributed by atoms with Crippen molar-refractivity contribution in [3.05, 3.63) is 41.9 Å². The van der Waals surface area contributed by atoms with Gasteiger partial charge in [0.2, 0.25) is 0 Å². The maximum absolute atomic E-state index is 5.40. The van der Waals surface area contributed by atoms with E-state index in [-0.39, 0.29) is 6.04 Å². The smallest absolute Gasteiger partial charge is 0.196 e. The highest BCUT2D eigenvalue weighted by molar-refractivity contribution is 5.84. The molecular weight excluding hydrogens is 304 g/mol. The number of hydrogen-bond acceptors (Lipinski definition) is 6. The van der Waals surface area contributed by atoms with E-state index in [0.29, 0.717) is 5.82 Å². The maximum Gasteiger partial charge on any atom is 0.196 e. The van der Waals surface area contributed by atoms with Gasteiger partial charge < -0.3 is 4.74 Å². The summed E-state index contributed by atoms with van der Waals surface area (Å²) in [6.07, 6.45) is 5.52. The number of nitrogens with zero attached hydrogens (tertiary/aromatic N) is 5. The molecule has 0 amide bonds. The summed E-state index contributed by atoms with van der Waals surface area (Å²) in [6.45, 7) is 2.07. The van der Waals surface area contributed by atoms with Crippen molar-refractivity contribution in [1.29, 1.82) is 0 Å². The number of ether oxygens (including phenoxy) is 1. The number of pyridine rings is 1. The average molecular weight is 324 g/mol. The van der Waals surface area contributed by atoms with Gasteiger partial charge in [-0.25, -0.2) is 0 Å². The van der Waals surface area contributed by atoms with E-state index in [1.165, 1.54) is 19.3 Å². The SMILES string of the molecule is COc1ccc2nccc(C(c3nn[nH]n3)N3CCCCC3)c2c1. The first-order chi connectivity index (χ1) is 11.9. The number of aromatic amines is 1. The van der Waals surface area contributed by atoms with Crippen molar-refractivity contribution in [2.75, 3.05) is 20.2 Å². The Morgan fingerprint density at radius 3 is 2.79 bits per heavy atom. The van der Waals surface area contributed by atoms with Crippen molar-refractivity contribution < 1.29 is 4.74 Å². The van der Waals surface area contributed by atoms with Crippen LogP contribution in [0, 0.1) is 0 Å². The molecule has 1 N–H and O–H groups in total. The van der Waals surface area contributed by atoms with Crippen molar-refractivity contribution in [3.8, 4) is 5.75 Å². The fourth-order valence-electron chi connectivity index (χ4n) is 3.47. The van der Waals surface area contributed by atoms with Crippen LogP contribution in [0.25, 0.3) is 10.9 Å². The Bertz CT molecular complexity index is 813. The van der Waals surface area contributed by atoms with Gasteiger partial charge in [-0.05, 0) is 55.8 Å². The molecule has 0 saturated carbocycles. The van der Waals surface area contributed by atoms with Crippen LogP contribution in [0.4, 0.5) is 0 Å². The third-order valence-corrected chi connectivity index (χ3v) is 4.64. The molecule has 1 aliphatic rings. The van der Waals surface area contributed by atoms with Gasteiger partial charge in [0.05, 0.1) is 12.6 Å². The Labute approximate surface area is 140 Å². The van der Waals surface area contributed by atoms with E-state index in [9.17, 15) is 0 Å². The Morgan fingerprint density at radius 2 is 2.04 bits per heavy atom. The fourth-order valence-corrected chi connectivity index (χ4v) is 3.47. The average Bonchev–Trinajstić information content (AvgIpc) is 3.17. The number of likely N-dealkylation sites (tertiary alicyclic amines) is 1. The lowest BCUT2D eigenvalue weighted by Gasteiger charge is -2.33. The monoisotopic (exact) mass is 324 g/mol. The van der Waals surface area contributed by atoms with Crippen molar-refractivity contribution >= 4 is 10.9 Å². The number of rotatable bonds is 4. The highest BCUT2D eigenvalue weighted by Crippen LogP contribution is 2.34. The molecule has 1 aromatic carbocycles. The summed E-state index contributed by atoms with van der Waals surface area (Å²) >= 11 is 0.